The van der Waals surface area contributed by atoms with E-state index in [9.17, 15) is 13.2 Å². The van der Waals surface area contributed by atoms with Gasteiger partial charge in [-0.1, -0.05) is 53.5 Å². The van der Waals surface area contributed by atoms with E-state index < -0.39 is 10.0 Å². The van der Waals surface area contributed by atoms with Crippen molar-refractivity contribution in [1.82, 2.24) is 14.5 Å². The van der Waals surface area contributed by atoms with Crippen molar-refractivity contribution in [3.8, 4) is 0 Å². The normalized spacial score (nSPS) is 23.8. The maximum absolute atomic E-state index is 13.0. The standard InChI is InChI=1S/C27H35Cl2N3O4S/c1-31(2)27(19-6-4-3-5-7-19)20-8-11-22(12-9-20)30-26(33)18-36-23-14-15-32(17-23)37(34,35)25-13-10-21(28)16-24(25)29/h3-7,10,13,16,20,22-23,27H,8-9,11-12,14-15,17-18H2,1-2H3,(H,30,33). The van der Waals surface area contributed by atoms with Gasteiger partial charge in [0.05, 0.1) is 11.1 Å². The van der Waals surface area contributed by atoms with E-state index in [0.717, 1.165) is 25.7 Å². The van der Waals surface area contributed by atoms with Crippen molar-refractivity contribution in [3.63, 3.8) is 0 Å². The molecule has 2 aromatic rings. The Morgan fingerprint density at radius 1 is 1.08 bits per heavy atom. The van der Waals surface area contributed by atoms with Crippen molar-refractivity contribution < 1.29 is 17.9 Å². The minimum absolute atomic E-state index is 0.0244. The molecule has 1 saturated carbocycles. The van der Waals surface area contributed by atoms with E-state index in [1.807, 2.05) is 6.07 Å². The Bertz CT molecular complexity index is 1170. The van der Waals surface area contributed by atoms with Crippen molar-refractivity contribution in [2.75, 3.05) is 33.8 Å². The van der Waals surface area contributed by atoms with Gasteiger partial charge in [-0.15, -0.1) is 0 Å². The van der Waals surface area contributed by atoms with Gasteiger partial charge in [-0.3, -0.25) is 4.79 Å². The molecule has 1 N–H and O–H groups in total. The van der Waals surface area contributed by atoms with Gasteiger partial charge in [-0.05, 0) is 75.9 Å². The van der Waals surface area contributed by atoms with Crippen LogP contribution in [0.5, 0.6) is 0 Å². The lowest BCUT2D eigenvalue weighted by molar-refractivity contribution is -0.128. The van der Waals surface area contributed by atoms with Crippen molar-refractivity contribution >= 4 is 39.1 Å². The van der Waals surface area contributed by atoms with Gasteiger partial charge in [-0.2, -0.15) is 4.31 Å². The Kier molecular flexibility index (Phi) is 9.53. The molecule has 4 rings (SSSR count). The number of nitrogens with one attached hydrogen (secondary N) is 1. The number of amides is 1. The maximum atomic E-state index is 13.0. The largest absolute Gasteiger partial charge is 0.367 e. The third kappa shape index (κ3) is 7.05. The fraction of sp³-hybridized carbons (Fsp3) is 0.519. The van der Waals surface area contributed by atoms with Gasteiger partial charge in [0.15, 0.2) is 0 Å². The summed E-state index contributed by atoms with van der Waals surface area (Å²) >= 11 is 12.0. The van der Waals surface area contributed by atoms with Crippen molar-refractivity contribution in [3.05, 3.63) is 64.1 Å². The number of hydrogen-bond donors (Lipinski definition) is 1. The predicted molar refractivity (Wildman–Crippen MR) is 146 cm³/mol. The summed E-state index contributed by atoms with van der Waals surface area (Å²) < 4.78 is 33.1. The second kappa shape index (κ2) is 12.5. The van der Waals surface area contributed by atoms with Crippen molar-refractivity contribution in [2.24, 2.45) is 5.92 Å². The number of benzene rings is 2. The van der Waals surface area contributed by atoms with Gasteiger partial charge in [0, 0.05) is 30.2 Å². The Morgan fingerprint density at radius 3 is 2.43 bits per heavy atom. The highest BCUT2D eigenvalue weighted by atomic mass is 35.5. The van der Waals surface area contributed by atoms with Crippen LogP contribution in [0.25, 0.3) is 0 Å². The minimum Gasteiger partial charge on any atom is -0.367 e. The Balaban J connectivity index is 1.22. The molecule has 7 nitrogen and oxygen atoms in total. The number of carbonyl (C=O) groups is 1. The molecule has 2 aliphatic rings. The first kappa shape index (κ1) is 28.3. The fourth-order valence-electron chi connectivity index (χ4n) is 5.56. The Morgan fingerprint density at radius 2 is 1.78 bits per heavy atom. The smallest absolute Gasteiger partial charge is 0.246 e. The Labute approximate surface area is 230 Å². The molecule has 1 heterocycles. The van der Waals surface area contributed by atoms with E-state index in [4.69, 9.17) is 27.9 Å². The van der Waals surface area contributed by atoms with Gasteiger partial charge in [0.2, 0.25) is 15.9 Å². The summed E-state index contributed by atoms with van der Waals surface area (Å²) in [6.45, 7) is 0.418. The zero-order valence-corrected chi connectivity index (χ0v) is 23.6. The molecule has 1 aliphatic heterocycles. The third-order valence-corrected chi connectivity index (χ3v) is 9.93. The molecule has 2 fully saturated rings. The van der Waals surface area contributed by atoms with Gasteiger partial charge >= 0.3 is 0 Å². The monoisotopic (exact) mass is 567 g/mol. The van der Waals surface area contributed by atoms with Gasteiger partial charge < -0.3 is 15.0 Å². The SMILES string of the molecule is CN(C)C(c1ccccc1)C1CCC(NC(=O)COC2CCN(S(=O)(=O)c3ccc(Cl)cc3Cl)C2)CC1. The van der Waals surface area contributed by atoms with E-state index in [1.165, 1.54) is 28.1 Å². The quantitative estimate of drug-likeness (QED) is 0.473. The van der Waals surface area contributed by atoms with Crippen LogP contribution in [0.15, 0.2) is 53.4 Å². The van der Waals surface area contributed by atoms with E-state index in [-0.39, 0.29) is 41.1 Å². The van der Waals surface area contributed by atoms with Crippen LogP contribution in [0.4, 0.5) is 0 Å². The van der Waals surface area contributed by atoms with Crippen LogP contribution < -0.4 is 5.32 Å². The lowest BCUT2D eigenvalue weighted by Crippen LogP contribution is -2.42. The third-order valence-electron chi connectivity index (χ3n) is 7.35. The van der Waals surface area contributed by atoms with Crippen LogP contribution in [0.3, 0.4) is 0 Å². The highest BCUT2D eigenvalue weighted by molar-refractivity contribution is 7.89. The molecule has 0 spiro atoms. The minimum atomic E-state index is -3.76. The lowest BCUT2D eigenvalue weighted by atomic mass is 9.78. The van der Waals surface area contributed by atoms with E-state index in [0.29, 0.717) is 29.9 Å². The number of carbonyl (C=O) groups excluding carboxylic acids is 1. The molecule has 0 radical (unpaired) electrons. The fourth-order valence-corrected chi connectivity index (χ4v) is 7.79. The number of ether oxygens (including phenoxy) is 1. The van der Waals surface area contributed by atoms with Crippen molar-refractivity contribution in [1.29, 1.82) is 0 Å². The van der Waals surface area contributed by atoms with Crippen LogP contribution in [0.1, 0.15) is 43.7 Å². The second-order valence-electron chi connectivity index (χ2n) is 10.2. The predicted octanol–water partition coefficient (Wildman–Crippen LogP) is 4.75. The molecule has 0 aromatic heterocycles. The molecule has 2 atom stereocenters. The first-order chi connectivity index (χ1) is 17.6. The molecule has 1 amide bonds. The molecule has 1 saturated heterocycles. The molecule has 2 unspecified atom stereocenters. The van der Waals surface area contributed by atoms with Crippen LogP contribution in [-0.4, -0.2) is 69.5 Å². The molecule has 1 aliphatic carbocycles. The number of rotatable bonds is 9. The second-order valence-corrected chi connectivity index (χ2v) is 12.9. The van der Waals surface area contributed by atoms with Crippen molar-refractivity contribution in [2.45, 2.75) is 55.2 Å². The molecule has 37 heavy (non-hydrogen) atoms. The first-order valence-electron chi connectivity index (χ1n) is 12.7. The molecule has 2 aromatic carbocycles. The zero-order chi connectivity index (χ0) is 26.6. The molecule has 202 valence electrons. The van der Waals surface area contributed by atoms with Crippen LogP contribution in [0.2, 0.25) is 10.0 Å². The van der Waals surface area contributed by atoms with Gasteiger partial charge in [0.1, 0.15) is 11.5 Å². The molecular weight excluding hydrogens is 533 g/mol. The van der Waals surface area contributed by atoms with Gasteiger partial charge in [0.25, 0.3) is 0 Å². The number of hydrogen-bond acceptors (Lipinski definition) is 5. The summed E-state index contributed by atoms with van der Waals surface area (Å²) in [5, 5.41) is 3.58. The molecular formula is C27H35Cl2N3O4S. The maximum Gasteiger partial charge on any atom is 0.246 e. The summed E-state index contributed by atoms with van der Waals surface area (Å²) in [6, 6.07) is 15.4. The van der Waals surface area contributed by atoms with E-state index in [1.54, 1.807) is 0 Å². The van der Waals surface area contributed by atoms with Crippen LogP contribution in [0, 0.1) is 5.92 Å². The van der Waals surface area contributed by atoms with Crippen LogP contribution >= 0.6 is 23.2 Å². The summed E-state index contributed by atoms with van der Waals surface area (Å²) in [5.74, 6) is 0.389. The highest BCUT2D eigenvalue weighted by Gasteiger charge is 2.35. The molecule has 10 heteroatoms. The average Bonchev–Trinajstić information content (AvgIpc) is 3.34. The summed E-state index contributed by atoms with van der Waals surface area (Å²) in [6.07, 6.45) is 4.15. The zero-order valence-electron chi connectivity index (χ0n) is 21.3. The molecule has 0 bridgehead atoms. The lowest BCUT2D eigenvalue weighted by Gasteiger charge is -2.37. The Hall–Kier alpha value is -1.68. The van der Waals surface area contributed by atoms with Gasteiger partial charge in [-0.25, -0.2) is 8.42 Å². The summed E-state index contributed by atoms with van der Waals surface area (Å²) in [7, 11) is 0.494. The van der Waals surface area contributed by atoms with E-state index in [2.05, 4.69) is 48.6 Å². The van der Waals surface area contributed by atoms with Crippen LogP contribution in [-0.2, 0) is 19.6 Å². The number of halogens is 2. The summed E-state index contributed by atoms with van der Waals surface area (Å²) in [5.41, 5.74) is 1.33. The first-order valence-corrected chi connectivity index (χ1v) is 14.9. The van der Waals surface area contributed by atoms with E-state index >= 15 is 0 Å². The summed E-state index contributed by atoms with van der Waals surface area (Å²) in [4.78, 5) is 14.9. The topological polar surface area (TPSA) is 79.0 Å². The number of sulfonamides is 1. The highest BCUT2D eigenvalue weighted by Crippen LogP contribution is 2.37. The average molecular weight is 569 g/mol. The number of nitrogens with zero attached hydrogens (tertiary/aromatic N) is 2.